The third-order valence-corrected chi connectivity index (χ3v) is 24.3. The lowest BCUT2D eigenvalue weighted by Crippen LogP contribution is -2.18. The van der Waals surface area contributed by atoms with E-state index in [4.69, 9.17) is 0 Å². The predicted octanol–water partition coefficient (Wildman–Crippen LogP) is 25.4. The van der Waals surface area contributed by atoms with Crippen molar-refractivity contribution in [1.82, 2.24) is 0 Å². The fourth-order valence-electron chi connectivity index (χ4n) is 18.5. The van der Waals surface area contributed by atoms with E-state index in [1.165, 1.54) is 203 Å². The van der Waals surface area contributed by atoms with Crippen molar-refractivity contribution in [3.05, 3.63) is 336 Å². The standard InChI is InChI=1S/C35H40.C32H36.C29H30/c1-23(2)26-11-14-28(15-12-26)32-18-10-25(20-24(32)3)21-30-17-19-34(35-9-5-8-33(30)35)31-16-13-27-6-4-7-29(27)22-31;1-22(2)25-14-16-27(17-15-25)26-12-10-24(11-13-26)21-29-18-19-31(32-9-5-8-30(29)32)28-7-4-6-23(3)20-28;1-21-7-5-10-25(19-21)28-18-17-26(27-11-6-12-29(27)28)20-22-13-15-24(16-14-22)23-8-3-2-4-9-23/h5,8-10,13,16-20,22-23,26,28,35H,4,6-7,11-12,14-15,21H2,1-3H3;4-13,18-20,22,25,27,32H,14-17,21H2,1-3H3;5-7,10-19,23,29H,2-4,8-9,20H2,1H3. The first-order valence-electron chi connectivity index (χ1n) is 37.8. The van der Waals surface area contributed by atoms with Crippen LogP contribution in [0.4, 0.5) is 0 Å². The molecule has 0 saturated heterocycles. The fourth-order valence-corrected chi connectivity index (χ4v) is 18.5. The minimum absolute atomic E-state index is 0.396. The largest absolute Gasteiger partial charge is 0.0726 e. The molecule has 0 amide bonds. The van der Waals surface area contributed by atoms with Crippen LogP contribution in [0.3, 0.4) is 0 Å². The van der Waals surface area contributed by atoms with Crippen LogP contribution in [0.1, 0.15) is 213 Å². The highest BCUT2D eigenvalue weighted by molar-refractivity contribution is 5.81. The van der Waals surface area contributed by atoms with Gasteiger partial charge >= 0.3 is 0 Å². The van der Waals surface area contributed by atoms with Crippen LogP contribution in [0.5, 0.6) is 0 Å². The molecule has 0 aromatic heterocycles. The van der Waals surface area contributed by atoms with E-state index in [1.807, 2.05) is 0 Å². The molecule has 0 heterocycles. The van der Waals surface area contributed by atoms with E-state index in [1.54, 1.807) is 27.8 Å². The zero-order chi connectivity index (χ0) is 65.7. The lowest BCUT2D eigenvalue weighted by Gasteiger charge is -2.32. The predicted molar refractivity (Wildman–Crippen MR) is 411 cm³/mol. The van der Waals surface area contributed by atoms with E-state index in [0.717, 1.165) is 60.7 Å². The average molecular weight is 1260 g/mol. The van der Waals surface area contributed by atoms with Crippen molar-refractivity contribution in [2.75, 3.05) is 0 Å². The van der Waals surface area contributed by atoms with Gasteiger partial charge < -0.3 is 0 Å². The number of hydrogen-bond acceptors (Lipinski definition) is 0. The Kier molecular flexibility index (Phi) is 20.4. The Balaban J connectivity index is 0.000000124. The third kappa shape index (κ3) is 14.9. The molecule has 6 aromatic rings. The molecule has 0 heteroatoms. The summed E-state index contributed by atoms with van der Waals surface area (Å²) in [5, 5.41) is 0. The Labute approximate surface area is 578 Å². The van der Waals surface area contributed by atoms with Crippen LogP contribution in [-0.2, 0) is 32.1 Å². The molecule has 96 heavy (non-hydrogen) atoms. The number of aryl methyl sites for hydroxylation is 5. The van der Waals surface area contributed by atoms with Crippen LogP contribution in [0.15, 0.2) is 258 Å². The highest BCUT2D eigenvalue weighted by Crippen LogP contribution is 2.47. The van der Waals surface area contributed by atoms with Crippen molar-refractivity contribution in [3.8, 4) is 0 Å². The van der Waals surface area contributed by atoms with Crippen molar-refractivity contribution in [2.45, 2.75) is 188 Å². The van der Waals surface area contributed by atoms with Crippen LogP contribution >= 0.6 is 0 Å². The van der Waals surface area contributed by atoms with Crippen LogP contribution in [0, 0.1) is 62.2 Å². The molecule has 3 atom stereocenters. The number of allylic oxidation sites excluding steroid dienone is 24. The van der Waals surface area contributed by atoms with Gasteiger partial charge in [0.15, 0.2) is 0 Å². The number of rotatable bonds is 14. The molecule has 0 radical (unpaired) electrons. The molecule has 3 saturated carbocycles. The van der Waals surface area contributed by atoms with Gasteiger partial charge in [-0.3, -0.25) is 0 Å². The van der Waals surface area contributed by atoms with Gasteiger partial charge in [0.25, 0.3) is 0 Å². The van der Waals surface area contributed by atoms with Crippen molar-refractivity contribution in [2.24, 2.45) is 41.4 Å². The monoisotopic (exact) mass is 1260 g/mol. The summed E-state index contributed by atoms with van der Waals surface area (Å²) in [5.74, 6) is 7.06. The second-order valence-electron chi connectivity index (χ2n) is 31.2. The van der Waals surface area contributed by atoms with Gasteiger partial charge in [0, 0.05) is 17.8 Å². The van der Waals surface area contributed by atoms with E-state index in [-0.39, 0.29) is 0 Å². The molecule has 0 nitrogen and oxygen atoms in total. The highest BCUT2D eigenvalue weighted by Gasteiger charge is 2.32. The van der Waals surface area contributed by atoms with Gasteiger partial charge in [-0.2, -0.15) is 0 Å². The van der Waals surface area contributed by atoms with Crippen LogP contribution < -0.4 is 0 Å². The summed E-state index contributed by atoms with van der Waals surface area (Å²) in [6.07, 6.45) is 59.9. The molecule has 16 rings (SSSR count). The molecule has 0 aliphatic heterocycles. The molecule has 10 aliphatic rings. The highest BCUT2D eigenvalue weighted by atomic mass is 14.4. The molecule has 0 bridgehead atoms. The minimum atomic E-state index is 0.396. The average Bonchev–Trinajstić information content (AvgIpc) is 1.59. The molecule has 6 aromatic carbocycles. The molecular formula is C96H106. The Hall–Kier alpha value is -7.80. The molecule has 3 fully saturated rings. The van der Waals surface area contributed by atoms with E-state index in [9.17, 15) is 0 Å². The summed E-state index contributed by atoms with van der Waals surface area (Å²) >= 11 is 0. The Morgan fingerprint density at radius 2 is 0.760 bits per heavy atom. The molecule has 490 valence electrons. The number of benzene rings is 6. The van der Waals surface area contributed by atoms with Gasteiger partial charge in [0.2, 0.25) is 0 Å². The summed E-state index contributed by atoms with van der Waals surface area (Å²) in [5.41, 5.74) is 33.5. The quantitative estimate of drug-likeness (QED) is 0.102. The Morgan fingerprint density at radius 1 is 0.333 bits per heavy atom. The maximum absolute atomic E-state index is 2.47. The van der Waals surface area contributed by atoms with Crippen LogP contribution in [0.2, 0.25) is 0 Å². The first-order chi connectivity index (χ1) is 46.9. The van der Waals surface area contributed by atoms with Gasteiger partial charge in [-0.05, 0) is 282 Å². The zero-order valence-corrected chi connectivity index (χ0v) is 59.1. The maximum atomic E-state index is 2.47. The first-order valence-corrected chi connectivity index (χ1v) is 37.8. The minimum Gasteiger partial charge on any atom is -0.0726 e. The van der Waals surface area contributed by atoms with Crippen molar-refractivity contribution >= 4 is 16.7 Å². The number of hydrogen-bond donors (Lipinski definition) is 0. The van der Waals surface area contributed by atoms with Crippen molar-refractivity contribution in [1.29, 1.82) is 0 Å². The zero-order valence-electron chi connectivity index (χ0n) is 59.1. The Bertz CT molecular complexity index is 4180. The topological polar surface area (TPSA) is 0 Å². The summed E-state index contributed by atoms with van der Waals surface area (Å²) < 4.78 is 0. The van der Waals surface area contributed by atoms with Crippen LogP contribution in [0.25, 0.3) is 16.7 Å². The van der Waals surface area contributed by atoms with Gasteiger partial charge in [-0.1, -0.05) is 283 Å². The van der Waals surface area contributed by atoms with E-state index >= 15 is 0 Å². The normalized spacial score (nSPS) is 23.9. The van der Waals surface area contributed by atoms with Crippen LogP contribution in [-0.4, -0.2) is 0 Å². The molecular weight excluding hydrogens is 1150 g/mol. The molecule has 0 N–H and O–H groups in total. The SMILES string of the molecule is Cc1cc(CC2=CC=C(c3ccc4c(c3)CCC4)C3C=CC=C23)ccc1C1CCC(C(C)C)CC1.Cc1cccc(C2=CC=C(Cc3ccc(C4CCC(C(C)C)CC4)cc3)C3=CC=CC32)c1.Cc1cccc(C2=CC=C(Cc3ccc(C4CCCCC4)cc3)C3=CC=CC32)c1. The summed E-state index contributed by atoms with van der Waals surface area (Å²) in [7, 11) is 0. The second kappa shape index (κ2) is 29.9. The lowest BCUT2D eigenvalue weighted by atomic mass is 9.74. The van der Waals surface area contributed by atoms with E-state index in [0.29, 0.717) is 17.8 Å². The van der Waals surface area contributed by atoms with Gasteiger partial charge in [-0.25, -0.2) is 0 Å². The summed E-state index contributed by atoms with van der Waals surface area (Å²) in [4.78, 5) is 0. The maximum Gasteiger partial charge on any atom is 0.0281 e. The van der Waals surface area contributed by atoms with Gasteiger partial charge in [0.05, 0.1) is 0 Å². The molecule has 10 aliphatic carbocycles. The smallest absolute Gasteiger partial charge is 0.0281 e. The molecule has 3 unspecified atom stereocenters. The van der Waals surface area contributed by atoms with E-state index in [2.05, 4.69) is 273 Å². The van der Waals surface area contributed by atoms with Crippen molar-refractivity contribution in [3.63, 3.8) is 0 Å². The second-order valence-corrected chi connectivity index (χ2v) is 31.2. The van der Waals surface area contributed by atoms with Crippen molar-refractivity contribution < 1.29 is 0 Å². The van der Waals surface area contributed by atoms with Gasteiger partial charge in [-0.15, -0.1) is 0 Å². The molecule has 0 spiro atoms. The first kappa shape index (κ1) is 65.5. The summed E-state index contributed by atoms with van der Waals surface area (Å²) in [6.45, 7) is 16.3. The lowest BCUT2D eigenvalue weighted by molar-refractivity contribution is 0.258. The third-order valence-electron chi connectivity index (χ3n) is 24.3. The van der Waals surface area contributed by atoms with E-state index < -0.39 is 0 Å². The fraction of sp³-hybridized carbons (Fsp3) is 0.375. The summed E-state index contributed by atoms with van der Waals surface area (Å²) in [6, 6.07) is 51.4. The number of fused-ring (bicyclic) bond motifs is 4. The van der Waals surface area contributed by atoms with Gasteiger partial charge in [0.1, 0.15) is 0 Å². The Morgan fingerprint density at radius 3 is 1.22 bits per heavy atom.